The minimum absolute atomic E-state index is 0.168. The SMILES string of the molecule is COCC(C)CC(=O)N(Cc1ccc(N)cc1)C(C)C. The number of hydrogen-bond donors (Lipinski definition) is 1. The second-order valence-corrected chi connectivity index (χ2v) is 5.62. The van der Waals surface area contributed by atoms with E-state index in [9.17, 15) is 4.79 Å². The number of methoxy groups -OCH3 is 1. The fourth-order valence-corrected chi connectivity index (χ4v) is 2.14. The number of anilines is 1. The molecule has 0 radical (unpaired) electrons. The molecular weight excluding hydrogens is 252 g/mol. The van der Waals surface area contributed by atoms with Gasteiger partial charge in [0.15, 0.2) is 0 Å². The summed E-state index contributed by atoms with van der Waals surface area (Å²) >= 11 is 0. The highest BCUT2D eigenvalue weighted by Crippen LogP contribution is 2.14. The first kappa shape index (κ1) is 16.5. The third-order valence-corrected chi connectivity index (χ3v) is 3.25. The highest BCUT2D eigenvalue weighted by molar-refractivity contribution is 5.76. The fourth-order valence-electron chi connectivity index (χ4n) is 2.14. The molecule has 112 valence electrons. The van der Waals surface area contributed by atoms with Crippen LogP contribution in [0.2, 0.25) is 0 Å². The van der Waals surface area contributed by atoms with Crippen molar-refractivity contribution in [1.29, 1.82) is 0 Å². The Kier molecular flexibility index (Phi) is 6.52. The van der Waals surface area contributed by atoms with Gasteiger partial charge in [0, 0.05) is 38.4 Å². The first-order valence-electron chi connectivity index (χ1n) is 7.06. The lowest BCUT2D eigenvalue weighted by molar-refractivity contribution is -0.134. The van der Waals surface area contributed by atoms with E-state index in [0.717, 1.165) is 11.3 Å². The average Bonchev–Trinajstić information content (AvgIpc) is 2.37. The summed E-state index contributed by atoms with van der Waals surface area (Å²) in [5, 5.41) is 0. The number of nitrogens with two attached hydrogens (primary N) is 1. The zero-order valence-electron chi connectivity index (χ0n) is 12.9. The molecule has 0 saturated carbocycles. The molecule has 0 fully saturated rings. The third-order valence-electron chi connectivity index (χ3n) is 3.25. The molecule has 0 aliphatic rings. The number of nitrogens with zero attached hydrogens (tertiary/aromatic N) is 1. The lowest BCUT2D eigenvalue weighted by Gasteiger charge is -2.28. The molecule has 4 nitrogen and oxygen atoms in total. The second kappa shape index (κ2) is 7.90. The smallest absolute Gasteiger partial charge is 0.223 e. The Labute approximate surface area is 121 Å². The van der Waals surface area contributed by atoms with Gasteiger partial charge in [-0.3, -0.25) is 4.79 Å². The van der Waals surface area contributed by atoms with E-state index >= 15 is 0 Å². The molecule has 1 rings (SSSR count). The number of hydrogen-bond acceptors (Lipinski definition) is 3. The lowest BCUT2D eigenvalue weighted by atomic mass is 10.1. The van der Waals surface area contributed by atoms with Gasteiger partial charge in [-0.25, -0.2) is 0 Å². The van der Waals surface area contributed by atoms with Crippen LogP contribution >= 0.6 is 0 Å². The summed E-state index contributed by atoms with van der Waals surface area (Å²) in [6.07, 6.45) is 0.515. The van der Waals surface area contributed by atoms with E-state index in [4.69, 9.17) is 10.5 Å². The summed E-state index contributed by atoms with van der Waals surface area (Å²) in [7, 11) is 1.66. The highest BCUT2D eigenvalue weighted by Gasteiger charge is 2.19. The normalized spacial score (nSPS) is 12.4. The Morgan fingerprint density at radius 1 is 1.25 bits per heavy atom. The van der Waals surface area contributed by atoms with Crippen LogP contribution in [0.5, 0.6) is 0 Å². The first-order valence-corrected chi connectivity index (χ1v) is 7.06. The van der Waals surface area contributed by atoms with Gasteiger partial charge in [-0.1, -0.05) is 19.1 Å². The van der Waals surface area contributed by atoms with Crippen molar-refractivity contribution in [2.24, 2.45) is 5.92 Å². The zero-order chi connectivity index (χ0) is 15.1. The topological polar surface area (TPSA) is 55.6 Å². The summed E-state index contributed by atoms with van der Waals surface area (Å²) < 4.78 is 5.09. The third kappa shape index (κ3) is 5.21. The van der Waals surface area contributed by atoms with Gasteiger partial charge >= 0.3 is 0 Å². The quantitative estimate of drug-likeness (QED) is 0.780. The molecule has 2 N–H and O–H groups in total. The van der Waals surface area contributed by atoms with Crippen LogP contribution in [0.1, 0.15) is 32.8 Å². The number of carbonyl (C=O) groups is 1. The lowest BCUT2D eigenvalue weighted by Crippen LogP contribution is -2.37. The number of carbonyl (C=O) groups excluding carboxylic acids is 1. The molecule has 0 aromatic heterocycles. The number of nitrogen functional groups attached to an aromatic ring is 1. The molecule has 1 amide bonds. The van der Waals surface area contributed by atoms with Gasteiger partial charge in [0.2, 0.25) is 5.91 Å². The molecule has 1 aromatic rings. The van der Waals surface area contributed by atoms with Crippen molar-refractivity contribution in [1.82, 2.24) is 4.90 Å². The molecule has 4 heteroatoms. The molecule has 0 aliphatic heterocycles. The van der Waals surface area contributed by atoms with Crippen LogP contribution < -0.4 is 5.73 Å². The predicted molar refractivity (Wildman–Crippen MR) is 82.2 cm³/mol. The van der Waals surface area contributed by atoms with Crippen LogP contribution in [0, 0.1) is 5.92 Å². The van der Waals surface area contributed by atoms with E-state index in [-0.39, 0.29) is 17.9 Å². The number of amides is 1. The molecule has 0 aliphatic carbocycles. The Bertz CT molecular complexity index is 415. The molecule has 0 heterocycles. The number of rotatable bonds is 7. The van der Waals surface area contributed by atoms with E-state index in [1.807, 2.05) is 49.9 Å². The van der Waals surface area contributed by atoms with Crippen LogP contribution in [-0.4, -0.2) is 30.6 Å². The van der Waals surface area contributed by atoms with Crippen LogP contribution in [0.25, 0.3) is 0 Å². The maximum Gasteiger partial charge on any atom is 0.223 e. The largest absolute Gasteiger partial charge is 0.399 e. The van der Waals surface area contributed by atoms with Gasteiger partial charge in [0.05, 0.1) is 0 Å². The number of benzene rings is 1. The molecular formula is C16H26N2O2. The van der Waals surface area contributed by atoms with Gasteiger partial charge < -0.3 is 15.4 Å². The summed E-state index contributed by atoms with van der Waals surface area (Å²) in [5.74, 6) is 0.404. The monoisotopic (exact) mass is 278 g/mol. The van der Waals surface area contributed by atoms with Gasteiger partial charge in [-0.15, -0.1) is 0 Å². The molecule has 0 bridgehead atoms. The van der Waals surface area contributed by atoms with Crippen LogP contribution in [0.4, 0.5) is 5.69 Å². The van der Waals surface area contributed by atoms with Crippen LogP contribution in [0.3, 0.4) is 0 Å². The Morgan fingerprint density at radius 2 is 1.85 bits per heavy atom. The van der Waals surface area contributed by atoms with Crippen molar-refractivity contribution in [2.75, 3.05) is 19.5 Å². The van der Waals surface area contributed by atoms with Gasteiger partial charge in [-0.05, 0) is 37.5 Å². The van der Waals surface area contributed by atoms with Crippen molar-refractivity contribution in [2.45, 2.75) is 39.8 Å². The van der Waals surface area contributed by atoms with Crippen molar-refractivity contribution in [3.63, 3.8) is 0 Å². The standard InChI is InChI=1S/C16H26N2O2/c1-12(2)18(16(19)9-13(3)11-20-4)10-14-5-7-15(17)8-6-14/h5-8,12-13H,9-11,17H2,1-4H3. The highest BCUT2D eigenvalue weighted by atomic mass is 16.5. The maximum absolute atomic E-state index is 12.4. The van der Waals surface area contributed by atoms with Crippen molar-refractivity contribution >= 4 is 11.6 Å². The van der Waals surface area contributed by atoms with E-state index in [1.165, 1.54) is 0 Å². The maximum atomic E-state index is 12.4. The van der Waals surface area contributed by atoms with E-state index in [2.05, 4.69) is 0 Å². The number of ether oxygens (including phenoxy) is 1. The van der Waals surface area contributed by atoms with Crippen molar-refractivity contribution in [3.05, 3.63) is 29.8 Å². The Hall–Kier alpha value is -1.55. The molecule has 20 heavy (non-hydrogen) atoms. The van der Waals surface area contributed by atoms with E-state index < -0.39 is 0 Å². The average molecular weight is 278 g/mol. The zero-order valence-corrected chi connectivity index (χ0v) is 12.9. The molecule has 1 atom stereocenters. The second-order valence-electron chi connectivity index (χ2n) is 5.62. The van der Waals surface area contributed by atoms with Crippen molar-refractivity contribution in [3.8, 4) is 0 Å². The molecule has 1 unspecified atom stereocenters. The predicted octanol–water partition coefficient (Wildman–Crippen LogP) is 2.68. The molecule has 1 aromatic carbocycles. The van der Waals surface area contributed by atoms with Gasteiger partial charge in [0.1, 0.15) is 0 Å². The summed E-state index contributed by atoms with van der Waals surface area (Å²) in [6, 6.07) is 7.85. The Morgan fingerprint density at radius 3 is 2.35 bits per heavy atom. The molecule has 0 saturated heterocycles. The van der Waals surface area contributed by atoms with Gasteiger partial charge in [0.25, 0.3) is 0 Å². The summed E-state index contributed by atoms with van der Waals surface area (Å²) in [6.45, 7) is 7.34. The van der Waals surface area contributed by atoms with Crippen LogP contribution in [-0.2, 0) is 16.1 Å². The van der Waals surface area contributed by atoms with E-state index in [0.29, 0.717) is 19.6 Å². The van der Waals surface area contributed by atoms with Crippen LogP contribution in [0.15, 0.2) is 24.3 Å². The Balaban J connectivity index is 2.68. The minimum atomic E-state index is 0.168. The van der Waals surface area contributed by atoms with Crippen molar-refractivity contribution < 1.29 is 9.53 Å². The molecule has 0 spiro atoms. The minimum Gasteiger partial charge on any atom is -0.399 e. The summed E-state index contributed by atoms with van der Waals surface area (Å²) in [4.78, 5) is 14.3. The summed E-state index contributed by atoms with van der Waals surface area (Å²) in [5.41, 5.74) is 7.52. The first-order chi connectivity index (χ1) is 9.43. The fraction of sp³-hybridized carbons (Fsp3) is 0.562. The van der Waals surface area contributed by atoms with Gasteiger partial charge in [-0.2, -0.15) is 0 Å². The van der Waals surface area contributed by atoms with E-state index in [1.54, 1.807) is 7.11 Å².